The van der Waals surface area contributed by atoms with E-state index in [0.29, 0.717) is 39.8 Å². The van der Waals surface area contributed by atoms with Gasteiger partial charge in [-0.25, -0.2) is 4.68 Å². The van der Waals surface area contributed by atoms with E-state index in [2.05, 4.69) is 4.98 Å². The molecule has 5 aromatic rings. The molecule has 0 radical (unpaired) electrons. The molecule has 1 amide bonds. The van der Waals surface area contributed by atoms with Gasteiger partial charge in [0, 0.05) is 23.7 Å². The molecule has 214 valence electrons. The van der Waals surface area contributed by atoms with Crippen LogP contribution in [0.2, 0.25) is 0 Å². The summed E-state index contributed by atoms with van der Waals surface area (Å²) in [5.41, 5.74) is 0.598. The largest absolute Gasteiger partial charge is 0.508 e. The zero-order valence-corrected chi connectivity index (χ0v) is 23.4. The first-order valence-corrected chi connectivity index (χ1v) is 13.6. The van der Waals surface area contributed by atoms with Crippen LogP contribution in [0.25, 0.3) is 16.6 Å². The van der Waals surface area contributed by atoms with Gasteiger partial charge in [0.1, 0.15) is 35.2 Å². The van der Waals surface area contributed by atoms with Gasteiger partial charge in [0.25, 0.3) is 11.5 Å². The van der Waals surface area contributed by atoms with Crippen LogP contribution in [0.1, 0.15) is 29.9 Å². The molecule has 0 spiro atoms. The maximum absolute atomic E-state index is 14.0. The molecule has 10 heteroatoms. The number of hydrogen-bond donors (Lipinski definition) is 2. The van der Waals surface area contributed by atoms with Crippen molar-refractivity contribution in [2.75, 3.05) is 18.1 Å². The average molecular weight is 567 g/mol. The Labute approximate surface area is 241 Å². The van der Waals surface area contributed by atoms with Crippen LogP contribution in [0.4, 0.5) is 5.69 Å². The lowest BCUT2D eigenvalue weighted by atomic mass is 10.1. The number of benzene rings is 3. The summed E-state index contributed by atoms with van der Waals surface area (Å²) in [5, 5.41) is 21.1. The van der Waals surface area contributed by atoms with E-state index in [-0.39, 0.29) is 31.0 Å². The van der Waals surface area contributed by atoms with Crippen LogP contribution in [0, 0.1) is 6.92 Å². The van der Waals surface area contributed by atoms with Crippen molar-refractivity contribution in [1.29, 1.82) is 0 Å². The first-order chi connectivity index (χ1) is 20.1. The third-order valence-electron chi connectivity index (χ3n) is 7.10. The molecule has 0 saturated heterocycles. The molecule has 0 fully saturated rings. The molecule has 0 saturated carbocycles. The number of pyridine rings is 1. The summed E-state index contributed by atoms with van der Waals surface area (Å²) in [6.07, 6.45) is 1.60. The molecule has 3 heterocycles. The zero-order valence-electron chi connectivity index (χ0n) is 23.4. The van der Waals surface area contributed by atoms with Crippen LogP contribution < -0.4 is 19.9 Å². The summed E-state index contributed by atoms with van der Waals surface area (Å²) in [6.45, 7) is 5.63. The van der Waals surface area contributed by atoms with Crippen LogP contribution in [-0.2, 0) is 6.54 Å². The molecule has 0 bridgehead atoms. The van der Waals surface area contributed by atoms with Crippen LogP contribution in [-0.4, -0.2) is 49.2 Å². The smallest absolute Gasteiger partial charge is 0.284 e. The molecule has 0 aliphatic carbocycles. The maximum Gasteiger partial charge on any atom is 0.284 e. The minimum atomic E-state index is -1.13. The number of anilines is 1. The predicted molar refractivity (Wildman–Crippen MR) is 158 cm³/mol. The number of nitrogens with zero attached hydrogens (tertiary/aromatic N) is 4. The highest BCUT2D eigenvalue weighted by molar-refractivity contribution is 6.07. The van der Waals surface area contributed by atoms with E-state index in [1.54, 1.807) is 91.1 Å². The number of fused-ring (bicyclic) bond motifs is 2. The molecular weight excluding hydrogens is 536 g/mol. The fraction of sp³-hybridized carbons (Fsp3) is 0.219. The van der Waals surface area contributed by atoms with Gasteiger partial charge in [-0.05, 0) is 63.2 Å². The van der Waals surface area contributed by atoms with Crippen molar-refractivity contribution in [2.45, 2.75) is 32.9 Å². The Kier molecular flexibility index (Phi) is 6.70. The third-order valence-corrected chi connectivity index (χ3v) is 7.10. The van der Waals surface area contributed by atoms with Crippen molar-refractivity contribution >= 4 is 22.5 Å². The van der Waals surface area contributed by atoms with E-state index in [1.807, 2.05) is 18.2 Å². The number of carbonyl (C=O) groups is 1. The fourth-order valence-corrected chi connectivity index (χ4v) is 5.21. The maximum atomic E-state index is 14.0. The van der Waals surface area contributed by atoms with Crippen LogP contribution in [0.3, 0.4) is 0 Å². The summed E-state index contributed by atoms with van der Waals surface area (Å²) in [6, 6.07) is 20.8. The average Bonchev–Trinajstić information content (AvgIpc) is 3.20. The Morgan fingerprint density at radius 2 is 1.86 bits per heavy atom. The summed E-state index contributed by atoms with van der Waals surface area (Å²) in [5.74, 6) is 1.15. The van der Waals surface area contributed by atoms with Crippen molar-refractivity contribution < 1.29 is 24.5 Å². The number of carbonyl (C=O) groups excluding carboxylic acids is 1. The first-order valence-electron chi connectivity index (χ1n) is 13.6. The van der Waals surface area contributed by atoms with Crippen molar-refractivity contribution in [3.05, 3.63) is 101 Å². The minimum Gasteiger partial charge on any atom is -0.508 e. The minimum absolute atomic E-state index is 0.0304. The van der Waals surface area contributed by atoms with E-state index in [4.69, 9.17) is 9.47 Å². The van der Waals surface area contributed by atoms with E-state index in [0.717, 1.165) is 5.39 Å². The molecule has 2 aromatic heterocycles. The number of rotatable bonds is 6. The topological polar surface area (TPSA) is 119 Å². The van der Waals surface area contributed by atoms with Gasteiger partial charge in [-0.3, -0.25) is 19.3 Å². The number of phenols is 1. The zero-order chi connectivity index (χ0) is 29.6. The van der Waals surface area contributed by atoms with Gasteiger partial charge in [-0.2, -0.15) is 0 Å². The van der Waals surface area contributed by atoms with Crippen LogP contribution in [0.5, 0.6) is 23.0 Å². The number of amides is 1. The van der Waals surface area contributed by atoms with E-state index in [1.165, 1.54) is 4.68 Å². The van der Waals surface area contributed by atoms with Crippen molar-refractivity contribution in [1.82, 2.24) is 14.3 Å². The standard InChI is InChI=1S/C32H30N4O6/c1-20-29(31(39)36(21-7-5-4-6-8-21)35(20)19-32(2,3)40)30(38)34-15-16-41-28-18-23(10-12-26(28)34)42-27-13-14-33-25-17-22(37)9-11-24(25)27/h4-14,17-18,37,40H,15-16,19H2,1-3H3. The number of phenolic OH excluding ortho intramolecular Hbond substituents is 1. The Hall–Kier alpha value is -5.09. The lowest BCUT2D eigenvalue weighted by molar-refractivity contribution is 0.0546. The Balaban J connectivity index is 1.36. The summed E-state index contributed by atoms with van der Waals surface area (Å²) >= 11 is 0. The number of para-hydroxylation sites is 1. The molecule has 42 heavy (non-hydrogen) atoms. The quantitative estimate of drug-likeness (QED) is 0.303. The van der Waals surface area contributed by atoms with Gasteiger partial charge in [0.2, 0.25) is 0 Å². The van der Waals surface area contributed by atoms with Crippen LogP contribution in [0.15, 0.2) is 83.8 Å². The second kappa shape index (κ2) is 10.4. The van der Waals surface area contributed by atoms with Gasteiger partial charge in [0.05, 0.1) is 41.3 Å². The molecule has 6 rings (SSSR count). The molecule has 10 nitrogen and oxygen atoms in total. The highest BCUT2D eigenvalue weighted by Gasteiger charge is 2.32. The van der Waals surface area contributed by atoms with E-state index < -0.39 is 17.1 Å². The number of aromatic hydroxyl groups is 1. The highest BCUT2D eigenvalue weighted by Crippen LogP contribution is 2.38. The number of aliphatic hydroxyl groups is 1. The first kappa shape index (κ1) is 27.1. The fourth-order valence-electron chi connectivity index (χ4n) is 5.21. The Morgan fingerprint density at radius 3 is 2.62 bits per heavy atom. The lowest BCUT2D eigenvalue weighted by Gasteiger charge is -2.29. The second-order valence-electron chi connectivity index (χ2n) is 10.8. The van der Waals surface area contributed by atoms with Crippen LogP contribution >= 0.6 is 0 Å². The predicted octanol–water partition coefficient (Wildman–Crippen LogP) is 4.80. The number of ether oxygens (including phenoxy) is 2. The van der Waals surface area contributed by atoms with Crippen molar-refractivity contribution in [2.24, 2.45) is 0 Å². The molecule has 1 aliphatic heterocycles. The van der Waals surface area contributed by atoms with E-state index in [9.17, 15) is 19.8 Å². The summed E-state index contributed by atoms with van der Waals surface area (Å²) < 4.78 is 15.1. The van der Waals surface area contributed by atoms with Gasteiger partial charge in [-0.15, -0.1) is 0 Å². The Bertz CT molecular complexity index is 1870. The second-order valence-corrected chi connectivity index (χ2v) is 10.8. The summed E-state index contributed by atoms with van der Waals surface area (Å²) in [7, 11) is 0. The normalized spacial score (nSPS) is 13.1. The molecule has 3 aromatic carbocycles. The third kappa shape index (κ3) is 4.97. The Morgan fingerprint density at radius 1 is 1.07 bits per heavy atom. The molecular formula is C32H30N4O6. The molecule has 1 aliphatic rings. The number of hydrogen-bond acceptors (Lipinski definition) is 7. The van der Waals surface area contributed by atoms with Gasteiger partial charge >= 0.3 is 0 Å². The molecule has 0 unspecified atom stereocenters. The number of aromatic nitrogens is 3. The SMILES string of the molecule is Cc1c(C(=O)N2CCOc3cc(Oc4ccnc5cc(O)ccc45)ccc32)c(=O)n(-c2ccccc2)n1CC(C)(C)O. The molecule has 0 atom stereocenters. The van der Waals surface area contributed by atoms with Gasteiger partial charge in [-0.1, -0.05) is 18.2 Å². The van der Waals surface area contributed by atoms with Gasteiger partial charge < -0.3 is 24.6 Å². The highest BCUT2D eigenvalue weighted by atomic mass is 16.5. The molecule has 2 N–H and O–H groups in total. The summed E-state index contributed by atoms with van der Waals surface area (Å²) in [4.78, 5) is 33.7. The van der Waals surface area contributed by atoms with Crippen molar-refractivity contribution in [3.63, 3.8) is 0 Å². The van der Waals surface area contributed by atoms with Crippen molar-refractivity contribution in [3.8, 4) is 28.7 Å². The van der Waals surface area contributed by atoms with E-state index >= 15 is 0 Å². The monoisotopic (exact) mass is 566 g/mol. The lowest BCUT2D eigenvalue weighted by Crippen LogP contribution is -2.40. The van der Waals surface area contributed by atoms with Gasteiger partial charge in [0.15, 0.2) is 0 Å².